The molecule has 3 nitrogen and oxygen atoms in total. The van der Waals surface area contributed by atoms with Crippen LogP contribution in [0.15, 0.2) is 41.3 Å². The summed E-state index contributed by atoms with van der Waals surface area (Å²) in [7, 11) is -3.75. The summed E-state index contributed by atoms with van der Waals surface area (Å²) in [6, 6.07) is 7.92. The topological polar surface area (TPSA) is 46.2 Å². The van der Waals surface area contributed by atoms with E-state index < -0.39 is 21.9 Å². The van der Waals surface area contributed by atoms with Gasteiger partial charge in [0, 0.05) is 4.88 Å². The highest BCUT2D eigenvalue weighted by Crippen LogP contribution is 2.27. The summed E-state index contributed by atoms with van der Waals surface area (Å²) >= 11 is 7.10. The maximum absolute atomic E-state index is 13.1. The molecule has 1 N–H and O–H groups in total. The van der Waals surface area contributed by atoms with E-state index in [1.807, 2.05) is 0 Å². The van der Waals surface area contributed by atoms with Crippen molar-refractivity contribution in [1.29, 1.82) is 0 Å². The molecule has 0 bridgehead atoms. The fourth-order valence-electron chi connectivity index (χ4n) is 1.55. The fourth-order valence-corrected chi connectivity index (χ4v) is 3.95. The molecule has 1 aromatic heterocycles. The molecule has 1 atom stereocenters. The van der Waals surface area contributed by atoms with E-state index in [4.69, 9.17) is 11.6 Å². The minimum atomic E-state index is -3.75. The molecule has 1 heterocycles. The van der Waals surface area contributed by atoms with Gasteiger partial charge in [-0.2, -0.15) is 0 Å². The highest BCUT2D eigenvalue weighted by Gasteiger charge is 2.19. The largest absolute Gasteiger partial charge is 0.241 e. The van der Waals surface area contributed by atoms with E-state index in [1.165, 1.54) is 29.5 Å². The van der Waals surface area contributed by atoms with Crippen LogP contribution in [0, 0.1) is 5.82 Å². The van der Waals surface area contributed by atoms with Gasteiger partial charge in [0.05, 0.1) is 15.3 Å². The van der Waals surface area contributed by atoms with Gasteiger partial charge in [-0.1, -0.05) is 17.7 Å². The summed E-state index contributed by atoms with van der Waals surface area (Å²) in [5, 5.41) is 0. The normalized spacial score (nSPS) is 13.4. The molecule has 0 saturated carbocycles. The van der Waals surface area contributed by atoms with E-state index in [9.17, 15) is 12.8 Å². The molecule has 7 heteroatoms. The van der Waals surface area contributed by atoms with Crippen molar-refractivity contribution in [2.45, 2.75) is 17.9 Å². The molecular formula is C12H11ClFNO2S2. The van der Waals surface area contributed by atoms with Gasteiger partial charge in [0.15, 0.2) is 0 Å². The van der Waals surface area contributed by atoms with Crippen LogP contribution < -0.4 is 4.72 Å². The second-order valence-corrected chi connectivity index (χ2v) is 7.40. The smallest absolute Gasteiger partial charge is 0.207 e. The summed E-state index contributed by atoms with van der Waals surface area (Å²) < 4.78 is 40.3. The highest BCUT2D eigenvalue weighted by molar-refractivity contribution is 7.89. The molecule has 2 aromatic rings. The molecule has 0 aliphatic heterocycles. The van der Waals surface area contributed by atoms with Crippen molar-refractivity contribution >= 4 is 33.0 Å². The average Bonchev–Trinajstić information content (AvgIpc) is 2.75. The first kappa shape index (κ1) is 14.5. The number of benzene rings is 1. The van der Waals surface area contributed by atoms with Crippen molar-refractivity contribution in [3.05, 3.63) is 51.4 Å². The molecule has 2 rings (SSSR count). The van der Waals surface area contributed by atoms with Crippen LogP contribution >= 0.6 is 22.9 Å². The van der Waals surface area contributed by atoms with Gasteiger partial charge in [0.2, 0.25) is 10.0 Å². The summed E-state index contributed by atoms with van der Waals surface area (Å²) in [5.74, 6) is -0.588. The lowest BCUT2D eigenvalue weighted by atomic mass is 10.3. The Kier molecular flexibility index (Phi) is 4.25. The van der Waals surface area contributed by atoms with Crippen molar-refractivity contribution < 1.29 is 12.8 Å². The fraction of sp³-hybridized carbons (Fsp3) is 0.167. The van der Waals surface area contributed by atoms with Crippen LogP contribution in [-0.4, -0.2) is 8.42 Å². The Bertz CT molecular complexity index is 685. The third-order valence-corrected chi connectivity index (χ3v) is 5.41. The Morgan fingerprint density at radius 2 is 2.05 bits per heavy atom. The molecular weight excluding hydrogens is 309 g/mol. The summed E-state index contributed by atoms with van der Waals surface area (Å²) in [6.07, 6.45) is 0. The molecule has 1 unspecified atom stereocenters. The molecule has 0 aliphatic rings. The van der Waals surface area contributed by atoms with Gasteiger partial charge in [-0.3, -0.25) is 0 Å². The average molecular weight is 320 g/mol. The van der Waals surface area contributed by atoms with Crippen molar-refractivity contribution in [2.75, 3.05) is 0 Å². The minimum absolute atomic E-state index is 0.0954. The Hall–Kier alpha value is -0.950. The Morgan fingerprint density at radius 3 is 2.63 bits per heavy atom. The second-order valence-electron chi connectivity index (χ2n) is 3.94. The van der Waals surface area contributed by atoms with Crippen LogP contribution in [0.1, 0.15) is 17.8 Å². The van der Waals surface area contributed by atoms with Gasteiger partial charge in [-0.25, -0.2) is 17.5 Å². The van der Waals surface area contributed by atoms with Crippen molar-refractivity contribution in [1.82, 2.24) is 4.72 Å². The zero-order valence-electron chi connectivity index (χ0n) is 9.93. The van der Waals surface area contributed by atoms with Crippen molar-refractivity contribution in [2.24, 2.45) is 0 Å². The van der Waals surface area contributed by atoms with E-state index in [0.29, 0.717) is 4.34 Å². The number of rotatable bonds is 4. The van der Waals surface area contributed by atoms with Gasteiger partial charge in [0.1, 0.15) is 5.82 Å². The Balaban J connectivity index is 2.22. The number of thiophene rings is 1. The number of hydrogen-bond donors (Lipinski definition) is 1. The predicted octanol–water partition coefficient (Wildman–Crippen LogP) is 3.58. The van der Waals surface area contributed by atoms with Crippen LogP contribution in [0.2, 0.25) is 4.34 Å². The molecule has 0 aliphatic carbocycles. The van der Waals surface area contributed by atoms with Crippen LogP contribution in [0.4, 0.5) is 4.39 Å². The Labute approximate surface area is 120 Å². The number of halogens is 2. The first-order chi connectivity index (χ1) is 8.88. The highest BCUT2D eigenvalue weighted by atomic mass is 35.5. The van der Waals surface area contributed by atoms with Crippen LogP contribution in [0.5, 0.6) is 0 Å². The number of hydrogen-bond acceptors (Lipinski definition) is 3. The van der Waals surface area contributed by atoms with E-state index in [0.717, 1.165) is 10.9 Å². The van der Waals surface area contributed by atoms with Crippen LogP contribution in [0.3, 0.4) is 0 Å². The number of sulfonamides is 1. The monoisotopic (exact) mass is 319 g/mol. The predicted molar refractivity (Wildman–Crippen MR) is 74.5 cm³/mol. The van der Waals surface area contributed by atoms with Gasteiger partial charge in [0.25, 0.3) is 0 Å². The quantitative estimate of drug-likeness (QED) is 0.936. The Morgan fingerprint density at radius 1 is 1.32 bits per heavy atom. The molecule has 19 heavy (non-hydrogen) atoms. The number of nitrogens with one attached hydrogen (secondary N) is 1. The summed E-state index contributed by atoms with van der Waals surface area (Å²) in [5.41, 5.74) is 0. The van der Waals surface area contributed by atoms with Crippen molar-refractivity contribution in [3.63, 3.8) is 0 Å². The van der Waals surface area contributed by atoms with E-state index in [1.54, 1.807) is 19.1 Å². The summed E-state index contributed by atoms with van der Waals surface area (Å²) in [4.78, 5) is 0.701. The molecule has 1 aromatic carbocycles. The zero-order chi connectivity index (χ0) is 14.0. The van der Waals surface area contributed by atoms with E-state index >= 15 is 0 Å². The van der Waals surface area contributed by atoms with E-state index in [-0.39, 0.29) is 4.90 Å². The van der Waals surface area contributed by atoms with E-state index in [2.05, 4.69) is 4.72 Å². The maximum atomic E-state index is 13.1. The molecule has 0 spiro atoms. The third kappa shape index (κ3) is 3.54. The lowest BCUT2D eigenvalue weighted by Gasteiger charge is -2.12. The second kappa shape index (κ2) is 5.58. The molecule has 0 amide bonds. The third-order valence-electron chi connectivity index (χ3n) is 2.46. The molecule has 102 valence electrons. The molecule has 0 saturated heterocycles. The first-order valence-corrected chi connectivity index (χ1v) is 8.09. The van der Waals surface area contributed by atoms with Gasteiger partial charge >= 0.3 is 0 Å². The SMILES string of the molecule is CC(NS(=O)(=O)c1cccc(F)c1)c1ccc(Cl)s1. The minimum Gasteiger partial charge on any atom is -0.207 e. The molecule has 0 radical (unpaired) electrons. The molecule has 0 fully saturated rings. The van der Waals surface area contributed by atoms with Gasteiger partial charge < -0.3 is 0 Å². The maximum Gasteiger partial charge on any atom is 0.241 e. The lowest BCUT2D eigenvalue weighted by Crippen LogP contribution is -2.26. The first-order valence-electron chi connectivity index (χ1n) is 5.41. The van der Waals surface area contributed by atoms with Gasteiger partial charge in [-0.05, 0) is 37.3 Å². The zero-order valence-corrected chi connectivity index (χ0v) is 12.3. The van der Waals surface area contributed by atoms with Crippen molar-refractivity contribution in [3.8, 4) is 0 Å². The summed E-state index contributed by atoms with van der Waals surface area (Å²) in [6.45, 7) is 1.71. The van der Waals surface area contributed by atoms with Crippen LogP contribution in [0.25, 0.3) is 0 Å². The standard InChI is InChI=1S/C12H11ClFNO2S2/c1-8(11-5-6-12(13)18-11)15-19(16,17)10-4-2-3-9(14)7-10/h2-8,15H,1H3. The lowest BCUT2D eigenvalue weighted by molar-refractivity contribution is 0.565. The van der Waals surface area contributed by atoms with Crippen LogP contribution in [-0.2, 0) is 10.0 Å². The van der Waals surface area contributed by atoms with Gasteiger partial charge in [-0.15, -0.1) is 11.3 Å².